The monoisotopic (exact) mass is 335 g/mol. The van der Waals surface area contributed by atoms with Gasteiger partial charge in [0.1, 0.15) is 0 Å². The van der Waals surface area contributed by atoms with Crippen molar-refractivity contribution in [1.29, 1.82) is 0 Å². The number of pyridine rings is 1. The first-order valence-electron chi connectivity index (χ1n) is 8.49. The Morgan fingerprint density at radius 3 is 2.96 bits per heavy atom. The van der Waals surface area contributed by atoms with Gasteiger partial charge in [-0.05, 0) is 44.7 Å². The van der Waals surface area contributed by atoms with E-state index in [9.17, 15) is 4.79 Å². The van der Waals surface area contributed by atoms with E-state index in [1.54, 1.807) is 11.8 Å². The summed E-state index contributed by atoms with van der Waals surface area (Å²) in [6.07, 6.45) is 7.22. The molecule has 23 heavy (non-hydrogen) atoms. The second kappa shape index (κ2) is 9.28. The van der Waals surface area contributed by atoms with Gasteiger partial charge in [0.2, 0.25) is 5.91 Å². The van der Waals surface area contributed by atoms with E-state index in [4.69, 9.17) is 0 Å². The minimum atomic E-state index is 0.132. The number of hydrogen-bond acceptors (Lipinski definition) is 4. The number of hydrogen-bond donors (Lipinski definition) is 0. The van der Waals surface area contributed by atoms with Gasteiger partial charge in [-0.25, -0.2) is 0 Å². The van der Waals surface area contributed by atoms with Crippen molar-refractivity contribution in [2.45, 2.75) is 38.8 Å². The Morgan fingerprint density at radius 2 is 2.26 bits per heavy atom. The Labute approximate surface area is 144 Å². The number of rotatable bonds is 6. The molecule has 0 radical (unpaired) electrons. The van der Waals surface area contributed by atoms with Crippen molar-refractivity contribution in [3.8, 4) is 0 Å². The number of carbonyl (C=O) groups excluding carboxylic acids is 1. The first kappa shape index (κ1) is 18.3. The van der Waals surface area contributed by atoms with Crippen LogP contribution in [0, 0.1) is 5.92 Å². The minimum Gasteiger partial charge on any atom is -0.342 e. The molecule has 0 unspecified atom stereocenters. The molecule has 2 heterocycles. The van der Waals surface area contributed by atoms with Gasteiger partial charge in [-0.2, -0.15) is 11.8 Å². The standard InChI is InChI=1S/C18H29N3OS/c1-15(14-23-3)18(22)21-11-6-8-17(9-12-21)20(2)13-16-7-4-5-10-19-16/h4-5,7,10,15,17H,6,8-9,11-14H2,1-3H3/t15-,17-/m1/s1. The van der Waals surface area contributed by atoms with Crippen molar-refractivity contribution in [2.24, 2.45) is 5.92 Å². The van der Waals surface area contributed by atoms with Crippen LogP contribution in [0.2, 0.25) is 0 Å². The number of likely N-dealkylation sites (tertiary alicyclic amines) is 1. The summed E-state index contributed by atoms with van der Waals surface area (Å²) in [6.45, 7) is 4.72. The van der Waals surface area contributed by atoms with Crippen LogP contribution in [0.25, 0.3) is 0 Å². The molecule has 1 aliphatic heterocycles. The third-order valence-corrected chi connectivity index (χ3v) is 5.44. The maximum Gasteiger partial charge on any atom is 0.226 e. The molecule has 1 fully saturated rings. The molecule has 0 N–H and O–H groups in total. The van der Waals surface area contributed by atoms with Crippen LogP contribution >= 0.6 is 11.8 Å². The van der Waals surface area contributed by atoms with E-state index < -0.39 is 0 Å². The third-order valence-electron chi connectivity index (χ3n) is 4.61. The highest BCUT2D eigenvalue weighted by molar-refractivity contribution is 7.98. The zero-order valence-electron chi connectivity index (χ0n) is 14.6. The highest BCUT2D eigenvalue weighted by atomic mass is 32.2. The lowest BCUT2D eigenvalue weighted by Gasteiger charge is -2.27. The number of carbonyl (C=O) groups is 1. The number of aromatic nitrogens is 1. The quantitative estimate of drug-likeness (QED) is 0.801. The lowest BCUT2D eigenvalue weighted by molar-refractivity contribution is -0.134. The zero-order valence-corrected chi connectivity index (χ0v) is 15.4. The Hall–Kier alpha value is -1.07. The molecule has 0 spiro atoms. The van der Waals surface area contributed by atoms with E-state index in [0.717, 1.165) is 50.3 Å². The van der Waals surface area contributed by atoms with Crippen molar-refractivity contribution in [3.63, 3.8) is 0 Å². The average Bonchev–Trinajstić information content (AvgIpc) is 2.81. The molecule has 0 bridgehead atoms. The van der Waals surface area contributed by atoms with E-state index in [0.29, 0.717) is 11.9 Å². The van der Waals surface area contributed by atoms with Gasteiger partial charge in [-0.1, -0.05) is 13.0 Å². The van der Waals surface area contributed by atoms with E-state index in [-0.39, 0.29) is 5.92 Å². The van der Waals surface area contributed by atoms with Crippen molar-refractivity contribution < 1.29 is 4.79 Å². The van der Waals surface area contributed by atoms with Gasteiger partial charge in [0.15, 0.2) is 0 Å². The topological polar surface area (TPSA) is 36.4 Å². The van der Waals surface area contributed by atoms with Crippen LogP contribution in [0.4, 0.5) is 0 Å². The summed E-state index contributed by atoms with van der Waals surface area (Å²) in [7, 11) is 2.17. The van der Waals surface area contributed by atoms with Crippen LogP contribution < -0.4 is 0 Å². The molecule has 0 saturated carbocycles. The largest absolute Gasteiger partial charge is 0.342 e. The fourth-order valence-electron chi connectivity index (χ4n) is 3.25. The summed E-state index contributed by atoms with van der Waals surface area (Å²) in [6, 6.07) is 6.60. The van der Waals surface area contributed by atoms with Gasteiger partial charge < -0.3 is 4.90 Å². The molecule has 128 valence electrons. The molecule has 1 amide bonds. The number of amides is 1. The second-order valence-electron chi connectivity index (χ2n) is 6.50. The van der Waals surface area contributed by atoms with Gasteiger partial charge in [-0.3, -0.25) is 14.7 Å². The average molecular weight is 336 g/mol. The Kier molecular flexibility index (Phi) is 7.37. The van der Waals surface area contributed by atoms with Crippen LogP contribution in [0.3, 0.4) is 0 Å². The molecule has 5 heteroatoms. The van der Waals surface area contributed by atoms with Crippen LogP contribution in [-0.4, -0.2) is 58.9 Å². The SMILES string of the molecule is CSC[C@@H](C)C(=O)N1CCC[C@@H](N(C)Cc2ccccn2)CC1. The fourth-order valence-corrected chi connectivity index (χ4v) is 3.89. The highest BCUT2D eigenvalue weighted by Gasteiger charge is 2.25. The van der Waals surface area contributed by atoms with Gasteiger partial charge in [0.05, 0.1) is 5.69 Å². The molecule has 1 saturated heterocycles. The molecular formula is C18H29N3OS. The molecule has 1 aromatic heterocycles. The molecule has 0 aromatic carbocycles. The molecule has 1 aromatic rings. The maximum absolute atomic E-state index is 12.5. The second-order valence-corrected chi connectivity index (χ2v) is 7.41. The van der Waals surface area contributed by atoms with Crippen LogP contribution in [-0.2, 0) is 11.3 Å². The fraction of sp³-hybridized carbons (Fsp3) is 0.667. The van der Waals surface area contributed by atoms with E-state index >= 15 is 0 Å². The molecule has 0 aliphatic carbocycles. The summed E-state index contributed by atoms with van der Waals surface area (Å²) < 4.78 is 0. The molecule has 1 aliphatic rings. The van der Waals surface area contributed by atoms with Crippen molar-refractivity contribution in [1.82, 2.24) is 14.8 Å². The van der Waals surface area contributed by atoms with E-state index in [1.807, 2.05) is 18.3 Å². The van der Waals surface area contributed by atoms with Gasteiger partial charge in [0, 0.05) is 43.5 Å². The van der Waals surface area contributed by atoms with Gasteiger partial charge in [-0.15, -0.1) is 0 Å². The number of nitrogens with zero attached hydrogens (tertiary/aromatic N) is 3. The summed E-state index contributed by atoms with van der Waals surface area (Å²) >= 11 is 1.75. The van der Waals surface area contributed by atoms with Crippen molar-refractivity contribution >= 4 is 17.7 Å². The third kappa shape index (κ3) is 5.50. The minimum absolute atomic E-state index is 0.132. The van der Waals surface area contributed by atoms with Gasteiger partial charge in [0.25, 0.3) is 0 Å². The van der Waals surface area contributed by atoms with Crippen LogP contribution in [0.15, 0.2) is 24.4 Å². The van der Waals surface area contributed by atoms with Crippen molar-refractivity contribution in [3.05, 3.63) is 30.1 Å². The predicted octanol–water partition coefficient (Wildman–Crippen LogP) is 2.89. The van der Waals surface area contributed by atoms with Crippen LogP contribution in [0.1, 0.15) is 31.9 Å². The molecular weight excluding hydrogens is 306 g/mol. The van der Waals surface area contributed by atoms with Crippen molar-refractivity contribution in [2.75, 3.05) is 32.1 Å². The maximum atomic E-state index is 12.5. The molecule has 2 atom stereocenters. The summed E-state index contributed by atoms with van der Waals surface area (Å²) in [5, 5.41) is 0. The zero-order chi connectivity index (χ0) is 16.7. The summed E-state index contributed by atoms with van der Waals surface area (Å²) in [5.74, 6) is 1.37. The number of thioether (sulfide) groups is 1. The Balaban J connectivity index is 1.86. The summed E-state index contributed by atoms with van der Waals surface area (Å²) in [5.41, 5.74) is 1.11. The summed E-state index contributed by atoms with van der Waals surface area (Å²) in [4.78, 5) is 21.4. The first-order valence-corrected chi connectivity index (χ1v) is 9.89. The Bertz CT molecular complexity index is 482. The molecule has 4 nitrogen and oxygen atoms in total. The smallest absolute Gasteiger partial charge is 0.226 e. The van der Waals surface area contributed by atoms with E-state index in [2.05, 4.69) is 41.1 Å². The Morgan fingerprint density at radius 1 is 1.43 bits per heavy atom. The lowest BCUT2D eigenvalue weighted by Crippen LogP contribution is -2.38. The molecule has 2 rings (SSSR count). The highest BCUT2D eigenvalue weighted by Crippen LogP contribution is 2.19. The van der Waals surface area contributed by atoms with Gasteiger partial charge >= 0.3 is 0 Å². The first-order chi connectivity index (χ1) is 11.1. The normalized spacial score (nSPS) is 20.3. The van der Waals surface area contributed by atoms with Crippen LogP contribution in [0.5, 0.6) is 0 Å². The van der Waals surface area contributed by atoms with E-state index in [1.165, 1.54) is 0 Å². The lowest BCUT2D eigenvalue weighted by atomic mass is 10.1. The predicted molar refractivity (Wildman–Crippen MR) is 97.5 cm³/mol.